The fraction of sp³-hybridized carbons (Fsp3) is 0.400. The summed E-state index contributed by atoms with van der Waals surface area (Å²) in [5.74, 6) is -0.120. The SMILES string of the molecule is CNC(=O)c1ccc(-c2c(-c3cnn(C)c3)[nH]c3ncc4c(c23)C2(CC3(CCN(C(=O)OC)CC3)C2)OC4)cc1. The van der Waals surface area contributed by atoms with E-state index in [0.29, 0.717) is 25.3 Å². The van der Waals surface area contributed by atoms with Crippen molar-refractivity contribution in [2.45, 2.75) is 37.9 Å². The molecule has 0 radical (unpaired) electrons. The van der Waals surface area contributed by atoms with Crippen molar-refractivity contribution in [3.8, 4) is 22.4 Å². The van der Waals surface area contributed by atoms with Gasteiger partial charge >= 0.3 is 6.09 Å². The number of nitrogens with zero attached hydrogens (tertiary/aromatic N) is 4. The number of nitrogens with one attached hydrogen (secondary N) is 2. The lowest BCUT2D eigenvalue weighted by Crippen LogP contribution is -2.55. The van der Waals surface area contributed by atoms with Crippen molar-refractivity contribution < 1.29 is 19.1 Å². The summed E-state index contributed by atoms with van der Waals surface area (Å²) in [6.45, 7) is 1.95. The van der Waals surface area contributed by atoms with Crippen molar-refractivity contribution in [3.63, 3.8) is 0 Å². The molecule has 1 saturated heterocycles. The van der Waals surface area contributed by atoms with Crippen molar-refractivity contribution in [2.75, 3.05) is 27.2 Å². The predicted molar refractivity (Wildman–Crippen MR) is 148 cm³/mol. The zero-order valence-corrected chi connectivity index (χ0v) is 22.9. The Bertz CT molecular complexity index is 1640. The fourth-order valence-electron chi connectivity index (χ4n) is 7.19. The van der Waals surface area contributed by atoms with Crippen LogP contribution in [0.25, 0.3) is 33.4 Å². The van der Waals surface area contributed by atoms with E-state index in [9.17, 15) is 9.59 Å². The third-order valence-electron chi connectivity index (χ3n) is 9.09. The normalized spacial score (nSPS) is 18.6. The van der Waals surface area contributed by atoms with Gasteiger partial charge in [-0.15, -0.1) is 0 Å². The number of rotatable bonds is 3. The average Bonchev–Trinajstić information content (AvgIpc) is 3.67. The van der Waals surface area contributed by atoms with Gasteiger partial charge in [-0.05, 0) is 48.8 Å². The van der Waals surface area contributed by atoms with Gasteiger partial charge in [-0.1, -0.05) is 12.1 Å². The smallest absolute Gasteiger partial charge is 0.409 e. The molecule has 2 N–H and O–H groups in total. The van der Waals surface area contributed by atoms with Crippen LogP contribution in [0.1, 0.15) is 47.2 Å². The van der Waals surface area contributed by atoms with E-state index in [2.05, 4.69) is 15.4 Å². The summed E-state index contributed by atoms with van der Waals surface area (Å²) < 4.78 is 13.4. The number of piperidine rings is 1. The molecule has 3 aliphatic rings. The molecule has 10 nitrogen and oxygen atoms in total. The van der Waals surface area contributed by atoms with Crippen LogP contribution in [-0.2, 0) is 28.7 Å². The Hall–Kier alpha value is -4.18. The van der Waals surface area contributed by atoms with Crippen LogP contribution in [0, 0.1) is 5.41 Å². The van der Waals surface area contributed by atoms with Gasteiger partial charge in [0.15, 0.2) is 0 Å². The van der Waals surface area contributed by atoms with Crippen molar-refractivity contribution in [1.29, 1.82) is 0 Å². The molecule has 0 bridgehead atoms. The molecule has 5 heterocycles. The number of benzene rings is 1. The molecule has 0 atom stereocenters. The first-order valence-electron chi connectivity index (χ1n) is 13.7. The fourth-order valence-corrected chi connectivity index (χ4v) is 7.19. The number of amides is 2. The Kier molecular flexibility index (Phi) is 5.54. The molecule has 10 heteroatoms. The van der Waals surface area contributed by atoms with Crippen molar-refractivity contribution in [2.24, 2.45) is 12.5 Å². The minimum Gasteiger partial charge on any atom is -0.453 e. The van der Waals surface area contributed by atoms with Gasteiger partial charge in [-0.3, -0.25) is 9.48 Å². The molecule has 206 valence electrons. The maximum absolute atomic E-state index is 12.2. The number of hydrogen-bond acceptors (Lipinski definition) is 6. The van der Waals surface area contributed by atoms with E-state index >= 15 is 0 Å². The Labute approximate surface area is 231 Å². The van der Waals surface area contributed by atoms with Gasteiger partial charge in [-0.2, -0.15) is 5.10 Å². The summed E-state index contributed by atoms with van der Waals surface area (Å²) in [4.78, 5) is 34.5. The lowest BCUT2D eigenvalue weighted by atomic mass is 9.53. The van der Waals surface area contributed by atoms with E-state index in [1.165, 1.54) is 12.7 Å². The number of ether oxygens (including phenoxy) is 2. The molecule has 2 fully saturated rings. The lowest BCUT2D eigenvalue weighted by molar-refractivity contribution is -0.181. The van der Waals surface area contributed by atoms with Gasteiger partial charge in [-0.25, -0.2) is 9.78 Å². The van der Waals surface area contributed by atoms with Gasteiger partial charge in [0.05, 0.1) is 31.2 Å². The molecular formula is C30H32N6O4. The van der Waals surface area contributed by atoms with Crippen LogP contribution in [0.15, 0.2) is 42.9 Å². The number of H-pyrrole nitrogens is 1. The van der Waals surface area contributed by atoms with Crippen LogP contribution >= 0.6 is 0 Å². The van der Waals surface area contributed by atoms with Crippen LogP contribution < -0.4 is 5.32 Å². The molecule has 2 aliphatic heterocycles. The highest BCUT2D eigenvalue weighted by molar-refractivity contribution is 6.05. The highest BCUT2D eigenvalue weighted by atomic mass is 16.5. The summed E-state index contributed by atoms with van der Waals surface area (Å²) in [6.07, 6.45) is 9.27. The first kappa shape index (κ1) is 24.8. The number of carbonyl (C=O) groups is 2. The Morgan fingerprint density at radius 3 is 2.50 bits per heavy atom. The first-order valence-corrected chi connectivity index (χ1v) is 13.7. The largest absolute Gasteiger partial charge is 0.453 e. The molecule has 0 unspecified atom stereocenters. The molecular weight excluding hydrogens is 508 g/mol. The third kappa shape index (κ3) is 3.66. The van der Waals surface area contributed by atoms with Crippen LogP contribution in [0.4, 0.5) is 4.79 Å². The molecule has 1 aliphatic carbocycles. The molecule has 1 aromatic carbocycles. The molecule has 2 spiro atoms. The number of carbonyl (C=O) groups excluding carboxylic acids is 2. The van der Waals surface area contributed by atoms with Gasteiger partial charge < -0.3 is 24.7 Å². The monoisotopic (exact) mass is 540 g/mol. The van der Waals surface area contributed by atoms with Gasteiger partial charge in [0.1, 0.15) is 5.65 Å². The maximum Gasteiger partial charge on any atom is 0.409 e. The molecule has 1 saturated carbocycles. The zero-order chi connectivity index (χ0) is 27.6. The quantitative estimate of drug-likeness (QED) is 0.399. The zero-order valence-electron chi connectivity index (χ0n) is 22.9. The second kappa shape index (κ2) is 8.92. The van der Waals surface area contributed by atoms with E-state index < -0.39 is 0 Å². The number of hydrogen-bond donors (Lipinski definition) is 2. The van der Waals surface area contributed by atoms with E-state index in [-0.39, 0.29) is 23.0 Å². The molecule has 7 rings (SSSR count). The summed E-state index contributed by atoms with van der Waals surface area (Å²) in [5.41, 5.74) is 7.48. The van der Waals surface area contributed by atoms with E-state index in [0.717, 1.165) is 64.7 Å². The van der Waals surface area contributed by atoms with Crippen molar-refractivity contribution in [3.05, 3.63) is 59.5 Å². The summed E-state index contributed by atoms with van der Waals surface area (Å²) in [5, 5.41) is 8.18. The highest BCUT2D eigenvalue weighted by Crippen LogP contribution is 2.65. The predicted octanol–water partition coefficient (Wildman–Crippen LogP) is 4.36. The number of likely N-dealkylation sites (tertiary alicyclic amines) is 1. The van der Waals surface area contributed by atoms with E-state index in [4.69, 9.17) is 14.5 Å². The van der Waals surface area contributed by atoms with Crippen molar-refractivity contribution >= 4 is 23.0 Å². The summed E-state index contributed by atoms with van der Waals surface area (Å²) in [6, 6.07) is 7.71. The van der Waals surface area contributed by atoms with E-state index in [1.54, 1.807) is 16.6 Å². The van der Waals surface area contributed by atoms with Crippen LogP contribution in [0.5, 0.6) is 0 Å². The number of fused-ring (bicyclic) bond motifs is 4. The van der Waals surface area contributed by atoms with Gasteiger partial charge in [0.2, 0.25) is 0 Å². The molecule has 2 amide bonds. The minimum absolute atomic E-state index is 0.120. The molecule has 40 heavy (non-hydrogen) atoms. The number of aromatic nitrogens is 4. The number of methoxy groups -OCH3 is 1. The summed E-state index contributed by atoms with van der Waals surface area (Å²) >= 11 is 0. The first-order chi connectivity index (χ1) is 19.4. The van der Waals surface area contributed by atoms with Gasteiger partial charge in [0, 0.05) is 72.8 Å². The van der Waals surface area contributed by atoms with E-state index in [1.807, 2.05) is 49.9 Å². The maximum atomic E-state index is 12.2. The second-order valence-electron chi connectivity index (χ2n) is 11.4. The number of aromatic amines is 1. The topological polar surface area (TPSA) is 114 Å². The van der Waals surface area contributed by atoms with Crippen LogP contribution in [-0.4, -0.2) is 63.9 Å². The highest BCUT2D eigenvalue weighted by Gasteiger charge is 2.60. The van der Waals surface area contributed by atoms with Crippen molar-refractivity contribution in [1.82, 2.24) is 30.0 Å². The molecule has 3 aromatic heterocycles. The van der Waals surface area contributed by atoms with Crippen LogP contribution in [0.2, 0.25) is 0 Å². The lowest BCUT2D eigenvalue weighted by Gasteiger charge is -2.57. The molecule has 4 aromatic rings. The Balaban J connectivity index is 1.33. The second-order valence-corrected chi connectivity index (χ2v) is 11.4. The van der Waals surface area contributed by atoms with Crippen LogP contribution in [0.3, 0.4) is 0 Å². The van der Waals surface area contributed by atoms with Gasteiger partial charge in [0.25, 0.3) is 5.91 Å². The Morgan fingerprint density at radius 1 is 1.10 bits per heavy atom. The number of aryl methyl sites for hydroxylation is 1. The number of pyridine rings is 1. The minimum atomic E-state index is -0.380. The summed E-state index contributed by atoms with van der Waals surface area (Å²) in [7, 11) is 4.98. The Morgan fingerprint density at radius 2 is 1.85 bits per heavy atom. The third-order valence-corrected chi connectivity index (χ3v) is 9.09. The standard InChI is InChI=1S/C30H32N6O4/c1-31-27(37)19-6-4-18(5-7-19)22-23-24-21(12-32-26(23)34-25(22)20-13-33-35(2)14-20)15-40-30(24)16-29(17-30)8-10-36(11-9-29)28(38)39-3/h4-7,12-14H,8-11,15-17H2,1-3H3,(H,31,37)(H,32,34). The average molecular weight is 541 g/mol.